The summed E-state index contributed by atoms with van der Waals surface area (Å²) in [4.78, 5) is 7.29. The molecule has 1 aliphatic rings. The third-order valence-corrected chi connectivity index (χ3v) is 3.82. The van der Waals surface area contributed by atoms with Gasteiger partial charge in [-0.3, -0.25) is 0 Å². The Morgan fingerprint density at radius 1 is 1.17 bits per heavy atom. The monoisotopic (exact) mass is 326 g/mol. The van der Waals surface area contributed by atoms with Crippen molar-refractivity contribution in [3.63, 3.8) is 0 Å². The highest BCUT2D eigenvalue weighted by Gasteiger charge is 2.13. The Labute approximate surface area is 137 Å². The number of aromatic amines is 1. The Balaban J connectivity index is 1.38. The molecule has 1 aliphatic heterocycles. The zero-order valence-electron chi connectivity index (χ0n) is 12.1. The van der Waals surface area contributed by atoms with Gasteiger partial charge in [-0.1, -0.05) is 6.07 Å². The molecule has 0 spiro atoms. The number of nitrogens with zero attached hydrogens (tertiary/aromatic N) is 1. The summed E-state index contributed by atoms with van der Waals surface area (Å²) in [5.41, 5.74) is 3.86. The van der Waals surface area contributed by atoms with E-state index < -0.39 is 0 Å². The smallest absolute Gasteiger partial charge is 0.231 e. The molecule has 0 saturated heterocycles. The van der Waals surface area contributed by atoms with Crippen LogP contribution in [-0.4, -0.2) is 21.9 Å². The van der Waals surface area contributed by atoms with Crippen molar-refractivity contribution in [3.8, 4) is 11.5 Å². The first-order chi connectivity index (χ1) is 11.3. The highest BCUT2D eigenvalue weighted by molar-refractivity contribution is 7.80. The molecule has 116 valence electrons. The van der Waals surface area contributed by atoms with E-state index in [4.69, 9.17) is 21.7 Å². The number of fused-ring (bicyclic) bond motifs is 2. The first-order valence-electron chi connectivity index (χ1n) is 7.14. The lowest BCUT2D eigenvalue weighted by Gasteiger charge is -2.11. The van der Waals surface area contributed by atoms with Crippen LogP contribution in [0.3, 0.4) is 0 Å². The summed E-state index contributed by atoms with van der Waals surface area (Å²) < 4.78 is 10.7. The predicted molar refractivity (Wildman–Crippen MR) is 91.7 cm³/mol. The van der Waals surface area contributed by atoms with Gasteiger partial charge in [-0.05, 0) is 48.1 Å². The number of imidazole rings is 1. The van der Waals surface area contributed by atoms with Crippen molar-refractivity contribution in [2.24, 2.45) is 0 Å². The van der Waals surface area contributed by atoms with Gasteiger partial charge in [-0.25, -0.2) is 4.98 Å². The van der Waals surface area contributed by atoms with Gasteiger partial charge in [0.15, 0.2) is 16.6 Å². The van der Waals surface area contributed by atoms with Crippen molar-refractivity contribution in [1.29, 1.82) is 0 Å². The summed E-state index contributed by atoms with van der Waals surface area (Å²) in [7, 11) is 0. The van der Waals surface area contributed by atoms with Crippen LogP contribution in [0.4, 0.5) is 5.69 Å². The molecule has 0 fully saturated rings. The minimum absolute atomic E-state index is 0.280. The lowest BCUT2D eigenvalue weighted by atomic mass is 10.2. The molecule has 0 unspecified atom stereocenters. The van der Waals surface area contributed by atoms with E-state index in [1.165, 1.54) is 0 Å². The first-order valence-corrected chi connectivity index (χ1v) is 7.55. The Bertz CT molecular complexity index is 877. The summed E-state index contributed by atoms with van der Waals surface area (Å²) in [5, 5.41) is 6.89. The van der Waals surface area contributed by atoms with Crippen molar-refractivity contribution < 1.29 is 9.47 Å². The molecular formula is C16H14N4O2S. The van der Waals surface area contributed by atoms with Crippen molar-refractivity contribution in [3.05, 3.63) is 48.3 Å². The maximum atomic E-state index is 5.37. The zero-order valence-corrected chi connectivity index (χ0v) is 12.9. The second-order valence-electron chi connectivity index (χ2n) is 5.13. The lowest BCUT2D eigenvalue weighted by molar-refractivity contribution is 0.174. The molecule has 2 aromatic carbocycles. The Hall–Kier alpha value is -2.80. The standard InChI is InChI=1S/C16H14N4O2S/c23-16(20-11-2-3-12-13(6-11)19-8-18-12)17-7-10-1-4-14-15(5-10)22-9-21-14/h1-6,8H,7,9H2,(H,18,19)(H2,17,20,23). The van der Waals surface area contributed by atoms with Crippen LogP contribution >= 0.6 is 12.2 Å². The van der Waals surface area contributed by atoms with E-state index in [9.17, 15) is 0 Å². The summed E-state index contributed by atoms with van der Waals surface area (Å²) in [5.74, 6) is 1.55. The average Bonchev–Trinajstić information content (AvgIpc) is 3.20. The fraction of sp³-hybridized carbons (Fsp3) is 0.125. The maximum absolute atomic E-state index is 5.37. The van der Waals surface area contributed by atoms with Crippen molar-refractivity contribution in [1.82, 2.24) is 15.3 Å². The largest absolute Gasteiger partial charge is 0.454 e. The topological polar surface area (TPSA) is 71.2 Å². The minimum Gasteiger partial charge on any atom is -0.454 e. The number of benzene rings is 2. The highest BCUT2D eigenvalue weighted by Crippen LogP contribution is 2.32. The molecule has 4 rings (SSSR count). The second kappa shape index (κ2) is 5.77. The van der Waals surface area contributed by atoms with Crippen molar-refractivity contribution in [2.45, 2.75) is 6.54 Å². The molecule has 6 nitrogen and oxygen atoms in total. The van der Waals surface area contributed by atoms with E-state index in [1.807, 2.05) is 36.4 Å². The van der Waals surface area contributed by atoms with E-state index in [1.54, 1.807) is 6.33 Å². The number of H-pyrrole nitrogens is 1. The van der Waals surface area contributed by atoms with Gasteiger partial charge in [-0.15, -0.1) is 0 Å². The molecule has 0 amide bonds. The maximum Gasteiger partial charge on any atom is 0.231 e. The predicted octanol–water partition coefficient (Wildman–Crippen LogP) is 2.78. The SMILES string of the molecule is S=C(NCc1ccc2c(c1)OCO2)Nc1ccc2[nH]cnc2c1. The summed E-state index contributed by atoms with van der Waals surface area (Å²) in [6.45, 7) is 0.884. The van der Waals surface area contributed by atoms with Gasteiger partial charge in [0.05, 0.1) is 17.4 Å². The van der Waals surface area contributed by atoms with Gasteiger partial charge >= 0.3 is 0 Å². The molecule has 3 aromatic rings. The van der Waals surface area contributed by atoms with Crippen LogP contribution in [0.1, 0.15) is 5.56 Å². The van der Waals surface area contributed by atoms with Gasteiger partial charge in [0.1, 0.15) is 0 Å². The molecule has 1 aromatic heterocycles. The quantitative estimate of drug-likeness (QED) is 0.643. The average molecular weight is 326 g/mol. The summed E-state index contributed by atoms with van der Waals surface area (Å²) in [6, 6.07) is 11.7. The number of aromatic nitrogens is 2. The van der Waals surface area contributed by atoms with Crippen LogP contribution < -0.4 is 20.1 Å². The number of hydrogen-bond acceptors (Lipinski definition) is 4. The number of thiocarbonyl (C=S) groups is 1. The normalized spacial score (nSPS) is 12.3. The van der Waals surface area contributed by atoms with E-state index in [2.05, 4.69) is 20.6 Å². The third-order valence-electron chi connectivity index (χ3n) is 3.57. The zero-order chi connectivity index (χ0) is 15.6. The molecular weight excluding hydrogens is 312 g/mol. The molecule has 2 heterocycles. The summed E-state index contributed by atoms with van der Waals surface area (Å²) in [6.07, 6.45) is 1.67. The van der Waals surface area contributed by atoms with Gasteiger partial charge in [-0.2, -0.15) is 0 Å². The Kier molecular flexibility index (Phi) is 3.47. The number of nitrogens with one attached hydrogen (secondary N) is 3. The van der Waals surface area contributed by atoms with Gasteiger partial charge < -0.3 is 25.1 Å². The van der Waals surface area contributed by atoms with Gasteiger partial charge in [0.2, 0.25) is 6.79 Å². The lowest BCUT2D eigenvalue weighted by Crippen LogP contribution is -2.27. The molecule has 0 radical (unpaired) electrons. The van der Waals surface area contributed by atoms with Crippen LogP contribution in [0.5, 0.6) is 11.5 Å². The van der Waals surface area contributed by atoms with Crippen LogP contribution in [0.2, 0.25) is 0 Å². The molecule has 3 N–H and O–H groups in total. The number of hydrogen-bond donors (Lipinski definition) is 3. The van der Waals surface area contributed by atoms with Crippen LogP contribution in [0.25, 0.3) is 11.0 Å². The molecule has 0 saturated carbocycles. The van der Waals surface area contributed by atoms with Crippen LogP contribution in [0, 0.1) is 0 Å². The molecule has 0 bridgehead atoms. The molecule has 0 atom stereocenters. The number of rotatable bonds is 3. The van der Waals surface area contributed by atoms with Gasteiger partial charge in [0, 0.05) is 12.2 Å². The number of ether oxygens (including phenoxy) is 2. The molecule has 23 heavy (non-hydrogen) atoms. The second-order valence-corrected chi connectivity index (χ2v) is 5.54. The van der Waals surface area contributed by atoms with Crippen molar-refractivity contribution in [2.75, 3.05) is 12.1 Å². The van der Waals surface area contributed by atoms with E-state index >= 15 is 0 Å². The van der Waals surface area contributed by atoms with E-state index in [0.29, 0.717) is 11.7 Å². The first kappa shape index (κ1) is 13.8. The van der Waals surface area contributed by atoms with Gasteiger partial charge in [0.25, 0.3) is 0 Å². The Morgan fingerprint density at radius 3 is 3.04 bits per heavy atom. The number of anilines is 1. The van der Waals surface area contributed by atoms with E-state index in [0.717, 1.165) is 33.8 Å². The Morgan fingerprint density at radius 2 is 2.09 bits per heavy atom. The molecule has 0 aliphatic carbocycles. The fourth-order valence-corrected chi connectivity index (χ4v) is 2.61. The van der Waals surface area contributed by atoms with Crippen LogP contribution in [-0.2, 0) is 6.54 Å². The third kappa shape index (κ3) is 2.91. The van der Waals surface area contributed by atoms with Crippen LogP contribution in [0.15, 0.2) is 42.7 Å². The van der Waals surface area contributed by atoms with Crippen molar-refractivity contribution >= 4 is 34.1 Å². The summed E-state index contributed by atoms with van der Waals surface area (Å²) >= 11 is 5.33. The molecule has 7 heteroatoms. The highest BCUT2D eigenvalue weighted by atomic mass is 32.1. The minimum atomic E-state index is 0.280. The van der Waals surface area contributed by atoms with E-state index in [-0.39, 0.29) is 6.79 Å². The fourth-order valence-electron chi connectivity index (χ4n) is 2.42.